The predicted octanol–water partition coefficient (Wildman–Crippen LogP) is 2.09. The van der Waals surface area contributed by atoms with E-state index in [4.69, 9.17) is 17.0 Å². The Balaban J connectivity index is 2.25. The first kappa shape index (κ1) is 12.3. The third kappa shape index (κ3) is 2.39. The van der Waals surface area contributed by atoms with Gasteiger partial charge in [-0.25, -0.2) is 0 Å². The number of ether oxygens (including phenoxy) is 1. The Hall–Kier alpha value is -0.190. The van der Waals surface area contributed by atoms with Crippen LogP contribution in [-0.2, 0) is 20.6 Å². The summed E-state index contributed by atoms with van der Waals surface area (Å²) in [5, 5.41) is 3.16. The molecule has 88 valence electrons. The highest BCUT2D eigenvalue weighted by Gasteiger charge is 2.28. The van der Waals surface area contributed by atoms with Gasteiger partial charge in [-0.05, 0) is 23.1 Å². The molecule has 0 N–H and O–H groups in total. The zero-order chi connectivity index (χ0) is 11.5. The topological polar surface area (TPSA) is 9.23 Å². The van der Waals surface area contributed by atoms with Crippen LogP contribution in [0.2, 0.25) is 0 Å². The molecule has 2 rings (SSSR count). The van der Waals surface area contributed by atoms with Crippen LogP contribution in [-0.4, -0.2) is 23.0 Å². The maximum absolute atomic E-state index is 5.18. The van der Waals surface area contributed by atoms with Crippen LogP contribution >= 0.6 is 12.2 Å². The monoisotopic (exact) mass is 272 g/mol. The van der Waals surface area contributed by atoms with E-state index in [1.807, 2.05) is 17.5 Å². The molecule has 1 aliphatic heterocycles. The van der Waals surface area contributed by atoms with Crippen molar-refractivity contribution in [2.75, 3.05) is 7.11 Å². The molecule has 1 nitrogen and oxygen atoms in total. The lowest BCUT2D eigenvalue weighted by molar-refractivity contribution is 0.414. The standard InChI is InChI=1S/C12H16OS3/c1-8-12(11(7-14)16-15-8)9-3-5-10(13-2)6-4-9/h3-8,11-12,15-16H,1-2H3. The molecule has 0 saturated carbocycles. The normalized spacial score (nSPS) is 29.0. The van der Waals surface area contributed by atoms with Gasteiger partial charge in [0.15, 0.2) is 0 Å². The van der Waals surface area contributed by atoms with Gasteiger partial charge in [0.2, 0.25) is 0 Å². The summed E-state index contributed by atoms with van der Waals surface area (Å²) in [6.07, 6.45) is 0. The number of rotatable bonds is 3. The van der Waals surface area contributed by atoms with Gasteiger partial charge in [0, 0.05) is 16.4 Å². The van der Waals surface area contributed by atoms with Crippen LogP contribution in [0, 0.1) is 0 Å². The molecule has 3 atom stereocenters. The van der Waals surface area contributed by atoms with E-state index in [9.17, 15) is 0 Å². The van der Waals surface area contributed by atoms with Crippen LogP contribution < -0.4 is 4.74 Å². The Kier molecular flexibility index (Phi) is 4.16. The van der Waals surface area contributed by atoms with E-state index in [1.54, 1.807) is 7.11 Å². The van der Waals surface area contributed by atoms with Crippen molar-refractivity contribution in [3.8, 4) is 5.75 Å². The first-order valence-electron chi connectivity index (χ1n) is 5.25. The summed E-state index contributed by atoms with van der Waals surface area (Å²) in [6.45, 7) is 2.31. The zero-order valence-electron chi connectivity index (χ0n) is 9.33. The van der Waals surface area contributed by atoms with Crippen LogP contribution in [0.15, 0.2) is 24.3 Å². The third-order valence-corrected chi connectivity index (χ3v) is 7.25. The van der Waals surface area contributed by atoms with Gasteiger partial charge in [-0.1, -0.05) is 31.3 Å². The smallest absolute Gasteiger partial charge is 0.118 e. The first-order valence-corrected chi connectivity index (χ1v) is 8.36. The fourth-order valence-corrected chi connectivity index (χ4v) is 6.43. The van der Waals surface area contributed by atoms with Gasteiger partial charge < -0.3 is 4.74 Å². The summed E-state index contributed by atoms with van der Waals surface area (Å²) < 4.78 is 5.18. The Morgan fingerprint density at radius 2 is 1.94 bits per heavy atom. The first-order chi connectivity index (χ1) is 7.76. The minimum atomic E-state index is 0.528. The lowest BCUT2D eigenvalue weighted by atomic mass is 9.93. The Morgan fingerprint density at radius 3 is 2.50 bits per heavy atom. The van der Waals surface area contributed by atoms with Crippen LogP contribution in [0.3, 0.4) is 0 Å². The van der Waals surface area contributed by atoms with Crippen molar-refractivity contribution in [2.45, 2.75) is 23.3 Å². The van der Waals surface area contributed by atoms with Crippen molar-refractivity contribution in [2.24, 2.45) is 0 Å². The third-order valence-electron chi connectivity index (χ3n) is 2.91. The van der Waals surface area contributed by atoms with Crippen molar-refractivity contribution in [1.82, 2.24) is 0 Å². The van der Waals surface area contributed by atoms with Crippen molar-refractivity contribution < 1.29 is 4.74 Å². The van der Waals surface area contributed by atoms with Crippen molar-refractivity contribution in [3.05, 3.63) is 29.8 Å². The van der Waals surface area contributed by atoms with E-state index >= 15 is 0 Å². The molecule has 0 radical (unpaired) electrons. The molecule has 0 amide bonds. The highest BCUT2D eigenvalue weighted by Crippen LogP contribution is 2.31. The molecule has 1 aliphatic rings. The summed E-state index contributed by atoms with van der Waals surface area (Å²) in [4.78, 5) is 0. The Morgan fingerprint density at radius 1 is 1.25 bits per heavy atom. The molecule has 0 spiro atoms. The van der Waals surface area contributed by atoms with Crippen LogP contribution in [0.1, 0.15) is 18.4 Å². The summed E-state index contributed by atoms with van der Waals surface area (Å²) >= 11 is 5.13. The van der Waals surface area contributed by atoms with Gasteiger partial charge in [0.05, 0.1) is 7.11 Å². The number of thiol groups is 2. The largest absolute Gasteiger partial charge is 0.497 e. The predicted molar refractivity (Wildman–Crippen MR) is 80.2 cm³/mol. The highest BCUT2D eigenvalue weighted by molar-refractivity contribution is 8.28. The minimum Gasteiger partial charge on any atom is -0.497 e. The lowest BCUT2D eigenvalue weighted by Gasteiger charge is -2.20. The Labute approximate surface area is 109 Å². The molecule has 0 saturated heterocycles. The van der Waals surface area contributed by atoms with Gasteiger partial charge in [-0.15, -0.1) is 0 Å². The quantitative estimate of drug-likeness (QED) is 0.644. The van der Waals surface area contributed by atoms with Crippen molar-refractivity contribution in [3.63, 3.8) is 0 Å². The van der Waals surface area contributed by atoms with Crippen LogP contribution in [0.4, 0.5) is 0 Å². The molecule has 0 bridgehead atoms. The number of thiocarbonyl (C=S) groups is 1. The molecule has 16 heavy (non-hydrogen) atoms. The maximum atomic E-state index is 5.18. The number of hydrogen-bond acceptors (Lipinski definition) is 2. The second-order valence-electron chi connectivity index (χ2n) is 3.90. The van der Waals surface area contributed by atoms with Crippen molar-refractivity contribution >= 4 is 38.2 Å². The summed E-state index contributed by atoms with van der Waals surface area (Å²) in [6, 6.07) is 8.41. The molecule has 1 aromatic carbocycles. The Bertz CT molecular complexity index is 399. The van der Waals surface area contributed by atoms with Crippen LogP contribution in [0.5, 0.6) is 5.75 Å². The van der Waals surface area contributed by atoms with E-state index in [2.05, 4.69) is 19.1 Å². The fraction of sp³-hybridized carbons (Fsp3) is 0.417. The summed E-state index contributed by atoms with van der Waals surface area (Å²) in [7, 11) is 4.65. The SMILES string of the molecule is COc1ccc(C2C(C)[SH]=[SH]C2C=S)cc1. The summed E-state index contributed by atoms with van der Waals surface area (Å²) in [5.74, 6) is 1.50. The summed E-state index contributed by atoms with van der Waals surface area (Å²) in [5.41, 5.74) is 1.39. The average molecular weight is 272 g/mol. The van der Waals surface area contributed by atoms with E-state index in [0.717, 1.165) is 5.75 Å². The van der Waals surface area contributed by atoms with Gasteiger partial charge in [-0.3, -0.25) is 0 Å². The molecule has 1 aromatic rings. The highest BCUT2D eigenvalue weighted by atomic mass is 32.8. The fourth-order valence-electron chi connectivity index (χ4n) is 2.02. The minimum absolute atomic E-state index is 0.528. The molecule has 0 aromatic heterocycles. The van der Waals surface area contributed by atoms with E-state index in [-0.39, 0.29) is 0 Å². The molecule has 4 heteroatoms. The van der Waals surface area contributed by atoms with Crippen molar-refractivity contribution in [1.29, 1.82) is 0 Å². The van der Waals surface area contributed by atoms with Gasteiger partial charge in [-0.2, -0.15) is 20.6 Å². The zero-order valence-corrected chi connectivity index (χ0v) is 11.9. The molecule has 0 fully saturated rings. The van der Waals surface area contributed by atoms with Crippen LogP contribution in [0.25, 0.3) is 0 Å². The number of hydrogen-bond donors (Lipinski definition) is 2. The molecular weight excluding hydrogens is 256 g/mol. The second-order valence-corrected chi connectivity index (χ2v) is 7.43. The lowest BCUT2D eigenvalue weighted by Crippen LogP contribution is -2.21. The molecule has 3 unspecified atom stereocenters. The maximum Gasteiger partial charge on any atom is 0.118 e. The molecule has 0 aliphatic carbocycles. The number of benzene rings is 1. The van der Waals surface area contributed by atoms with Gasteiger partial charge in [0.25, 0.3) is 0 Å². The van der Waals surface area contributed by atoms with Gasteiger partial charge >= 0.3 is 0 Å². The van der Waals surface area contributed by atoms with E-state index in [0.29, 0.717) is 16.4 Å². The average Bonchev–Trinajstić information content (AvgIpc) is 2.70. The number of methoxy groups -OCH3 is 1. The molecule has 1 heterocycles. The molecular formula is C12H16OS3. The van der Waals surface area contributed by atoms with E-state index in [1.165, 1.54) is 26.2 Å². The van der Waals surface area contributed by atoms with Gasteiger partial charge in [0.1, 0.15) is 5.75 Å². The van der Waals surface area contributed by atoms with E-state index < -0.39 is 0 Å². The second kappa shape index (κ2) is 5.43.